The number of aromatic nitrogens is 2. The van der Waals surface area contributed by atoms with Crippen LogP contribution < -0.4 is 10.6 Å². The predicted molar refractivity (Wildman–Crippen MR) is 118 cm³/mol. The van der Waals surface area contributed by atoms with Gasteiger partial charge in [0.05, 0.1) is 5.69 Å². The van der Waals surface area contributed by atoms with Gasteiger partial charge in [0, 0.05) is 29.6 Å². The van der Waals surface area contributed by atoms with Gasteiger partial charge in [0.1, 0.15) is 0 Å². The maximum Gasteiger partial charge on any atom is 0.251 e. The van der Waals surface area contributed by atoms with Crippen molar-refractivity contribution in [3.63, 3.8) is 0 Å². The van der Waals surface area contributed by atoms with E-state index < -0.39 is 0 Å². The van der Waals surface area contributed by atoms with Crippen molar-refractivity contribution in [2.75, 3.05) is 11.9 Å². The zero-order valence-corrected chi connectivity index (χ0v) is 17.3. The lowest BCUT2D eigenvalue weighted by Gasteiger charge is -2.09. The highest BCUT2D eigenvalue weighted by Crippen LogP contribution is 2.20. The van der Waals surface area contributed by atoms with E-state index in [9.17, 15) is 4.79 Å². The van der Waals surface area contributed by atoms with E-state index in [-0.39, 0.29) is 5.91 Å². The highest BCUT2D eigenvalue weighted by atomic mass is 16.1. The van der Waals surface area contributed by atoms with Crippen LogP contribution in [-0.2, 0) is 0 Å². The van der Waals surface area contributed by atoms with Gasteiger partial charge in [-0.3, -0.25) is 4.79 Å². The Morgan fingerprint density at radius 3 is 2.41 bits per heavy atom. The van der Waals surface area contributed by atoms with Crippen LogP contribution in [0.4, 0.5) is 11.6 Å². The van der Waals surface area contributed by atoms with Crippen molar-refractivity contribution in [2.45, 2.75) is 33.6 Å². The van der Waals surface area contributed by atoms with Crippen LogP contribution in [0.2, 0.25) is 0 Å². The van der Waals surface area contributed by atoms with Gasteiger partial charge in [-0.25, -0.2) is 9.97 Å². The minimum Gasteiger partial charge on any atom is -0.352 e. The fraction of sp³-hybridized carbons (Fsp3) is 0.292. The summed E-state index contributed by atoms with van der Waals surface area (Å²) in [4.78, 5) is 21.1. The number of benzene rings is 2. The van der Waals surface area contributed by atoms with Crippen LogP contribution in [0.25, 0.3) is 11.3 Å². The van der Waals surface area contributed by atoms with Crippen molar-refractivity contribution in [2.24, 2.45) is 5.92 Å². The van der Waals surface area contributed by atoms with E-state index in [0.29, 0.717) is 24.0 Å². The molecule has 0 saturated carbocycles. The summed E-state index contributed by atoms with van der Waals surface area (Å²) >= 11 is 0. The molecule has 0 aliphatic carbocycles. The summed E-state index contributed by atoms with van der Waals surface area (Å²) in [5.74, 6) is 1.14. The molecule has 3 aromatic rings. The molecule has 2 aromatic carbocycles. The van der Waals surface area contributed by atoms with E-state index in [1.807, 2.05) is 30.3 Å². The Morgan fingerprint density at radius 2 is 1.72 bits per heavy atom. The van der Waals surface area contributed by atoms with Crippen molar-refractivity contribution in [3.8, 4) is 11.3 Å². The van der Waals surface area contributed by atoms with Crippen LogP contribution >= 0.6 is 0 Å². The number of carbonyl (C=O) groups is 1. The standard InChI is InChI=1S/C24H28N4O/c1-17(2)5-4-15-25-23(29)20-10-12-21(13-11-20)27-24-26-16-14-22(28-24)19-8-6-18(3)7-9-19/h6-14,16-17H,4-5,15H2,1-3H3,(H,25,29)(H,26,27,28). The van der Waals surface area contributed by atoms with Crippen LogP contribution in [0.3, 0.4) is 0 Å². The average molecular weight is 389 g/mol. The van der Waals surface area contributed by atoms with Crippen LogP contribution in [0, 0.1) is 12.8 Å². The Morgan fingerprint density at radius 1 is 1.00 bits per heavy atom. The Kier molecular flexibility index (Phi) is 6.95. The van der Waals surface area contributed by atoms with Crippen LogP contribution in [0.1, 0.15) is 42.6 Å². The highest BCUT2D eigenvalue weighted by molar-refractivity contribution is 5.94. The topological polar surface area (TPSA) is 66.9 Å². The maximum absolute atomic E-state index is 12.2. The van der Waals surface area contributed by atoms with Gasteiger partial charge in [0.25, 0.3) is 5.91 Å². The average Bonchev–Trinajstić information content (AvgIpc) is 2.72. The van der Waals surface area contributed by atoms with Gasteiger partial charge in [-0.05, 0) is 56.0 Å². The third-order valence-electron chi connectivity index (χ3n) is 4.65. The number of nitrogens with zero attached hydrogens (tertiary/aromatic N) is 2. The van der Waals surface area contributed by atoms with E-state index in [1.54, 1.807) is 6.20 Å². The van der Waals surface area contributed by atoms with Gasteiger partial charge in [-0.15, -0.1) is 0 Å². The van der Waals surface area contributed by atoms with Gasteiger partial charge in [-0.1, -0.05) is 43.7 Å². The Hall–Kier alpha value is -3.21. The first kappa shape index (κ1) is 20.5. The molecular formula is C24H28N4O. The molecule has 150 valence electrons. The summed E-state index contributed by atoms with van der Waals surface area (Å²) in [6, 6.07) is 17.5. The molecule has 5 nitrogen and oxygen atoms in total. The zero-order chi connectivity index (χ0) is 20.6. The van der Waals surface area contributed by atoms with Gasteiger partial charge in [0.2, 0.25) is 5.95 Å². The zero-order valence-electron chi connectivity index (χ0n) is 17.3. The molecule has 5 heteroatoms. The van der Waals surface area contributed by atoms with Crippen molar-refractivity contribution in [1.82, 2.24) is 15.3 Å². The minimum absolute atomic E-state index is 0.0436. The number of anilines is 2. The molecule has 0 saturated heterocycles. The Labute approximate surface area is 172 Å². The van der Waals surface area contributed by atoms with Gasteiger partial charge >= 0.3 is 0 Å². The normalized spacial score (nSPS) is 10.8. The number of hydrogen-bond acceptors (Lipinski definition) is 4. The largest absolute Gasteiger partial charge is 0.352 e. The van der Waals surface area contributed by atoms with Crippen molar-refractivity contribution in [3.05, 3.63) is 71.9 Å². The quantitative estimate of drug-likeness (QED) is 0.510. The lowest BCUT2D eigenvalue weighted by Crippen LogP contribution is -2.24. The smallest absolute Gasteiger partial charge is 0.251 e. The Balaban J connectivity index is 1.60. The van der Waals surface area contributed by atoms with Gasteiger partial charge < -0.3 is 10.6 Å². The molecule has 0 atom stereocenters. The fourth-order valence-corrected chi connectivity index (χ4v) is 2.95. The Bertz CT molecular complexity index is 934. The first-order chi connectivity index (χ1) is 14.0. The molecule has 0 unspecified atom stereocenters. The molecule has 1 amide bonds. The molecule has 0 aliphatic heterocycles. The highest BCUT2D eigenvalue weighted by Gasteiger charge is 2.07. The molecule has 0 spiro atoms. The van der Waals surface area contributed by atoms with Crippen LogP contribution in [0.15, 0.2) is 60.8 Å². The third kappa shape index (κ3) is 6.14. The summed E-state index contributed by atoms with van der Waals surface area (Å²) in [5.41, 5.74) is 4.60. The van der Waals surface area contributed by atoms with Crippen molar-refractivity contribution >= 4 is 17.5 Å². The number of carbonyl (C=O) groups excluding carboxylic acids is 1. The number of amides is 1. The summed E-state index contributed by atoms with van der Waals surface area (Å²) < 4.78 is 0. The SMILES string of the molecule is Cc1ccc(-c2ccnc(Nc3ccc(C(=O)NCCCC(C)C)cc3)n2)cc1. The first-order valence-corrected chi connectivity index (χ1v) is 10.1. The van der Waals surface area contributed by atoms with E-state index in [1.165, 1.54) is 5.56 Å². The summed E-state index contributed by atoms with van der Waals surface area (Å²) in [6.45, 7) is 7.14. The molecule has 29 heavy (non-hydrogen) atoms. The van der Waals surface area contributed by atoms with Crippen molar-refractivity contribution in [1.29, 1.82) is 0 Å². The number of hydrogen-bond donors (Lipinski definition) is 2. The predicted octanol–water partition coefficient (Wildman–Crippen LogP) is 5.36. The monoisotopic (exact) mass is 388 g/mol. The lowest BCUT2D eigenvalue weighted by atomic mass is 10.1. The van der Waals surface area contributed by atoms with E-state index >= 15 is 0 Å². The second-order valence-electron chi connectivity index (χ2n) is 7.63. The molecule has 0 bridgehead atoms. The molecule has 3 rings (SSSR count). The molecule has 0 fully saturated rings. The lowest BCUT2D eigenvalue weighted by molar-refractivity contribution is 0.0952. The number of nitrogens with one attached hydrogen (secondary N) is 2. The molecular weight excluding hydrogens is 360 g/mol. The van der Waals surface area contributed by atoms with E-state index in [4.69, 9.17) is 0 Å². The van der Waals surface area contributed by atoms with E-state index in [0.717, 1.165) is 29.8 Å². The molecule has 2 N–H and O–H groups in total. The maximum atomic E-state index is 12.2. The second kappa shape index (κ2) is 9.82. The van der Waals surface area contributed by atoms with Crippen molar-refractivity contribution < 1.29 is 4.79 Å². The van der Waals surface area contributed by atoms with Gasteiger partial charge in [0.15, 0.2) is 0 Å². The second-order valence-corrected chi connectivity index (χ2v) is 7.63. The summed E-state index contributed by atoms with van der Waals surface area (Å²) in [5, 5.41) is 6.17. The molecule has 1 aromatic heterocycles. The number of rotatable bonds is 8. The van der Waals surface area contributed by atoms with Crippen LogP contribution in [-0.4, -0.2) is 22.4 Å². The summed E-state index contributed by atoms with van der Waals surface area (Å²) in [7, 11) is 0. The van der Waals surface area contributed by atoms with Crippen LogP contribution in [0.5, 0.6) is 0 Å². The first-order valence-electron chi connectivity index (χ1n) is 10.1. The van der Waals surface area contributed by atoms with E-state index in [2.05, 4.69) is 65.6 Å². The third-order valence-corrected chi connectivity index (χ3v) is 4.65. The molecule has 0 radical (unpaired) electrons. The summed E-state index contributed by atoms with van der Waals surface area (Å²) in [6.07, 6.45) is 3.85. The molecule has 1 heterocycles. The fourth-order valence-electron chi connectivity index (χ4n) is 2.95. The minimum atomic E-state index is -0.0436. The number of aryl methyl sites for hydroxylation is 1. The van der Waals surface area contributed by atoms with Gasteiger partial charge in [-0.2, -0.15) is 0 Å². The molecule has 0 aliphatic rings.